The van der Waals surface area contributed by atoms with Gasteiger partial charge in [0, 0.05) is 17.8 Å². The first-order valence-electron chi connectivity index (χ1n) is 6.98. The van der Waals surface area contributed by atoms with Crippen LogP contribution >= 0.6 is 34.5 Å². The molecule has 24 heavy (non-hydrogen) atoms. The predicted octanol–water partition coefficient (Wildman–Crippen LogP) is 3.90. The van der Waals surface area contributed by atoms with E-state index < -0.39 is 10.0 Å². The molecule has 0 atom stereocenters. The minimum absolute atomic E-state index is 0.0311. The maximum atomic E-state index is 12.3. The fourth-order valence-electron chi connectivity index (χ4n) is 2.10. The second-order valence-electron chi connectivity index (χ2n) is 4.91. The van der Waals surface area contributed by atoms with Crippen molar-refractivity contribution in [3.05, 3.63) is 58.0 Å². The second-order valence-corrected chi connectivity index (χ2v) is 8.44. The van der Waals surface area contributed by atoms with Crippen molar-refractivity contribution in [1.29, 1.82) is 0 Å². The molecule has 0 saturated heterocycles. The van der Waals surface area contributed by atoms with Gasteiger partial charge < -0.3 is 0 Å². The van der Waals surface area contributed by atoms with Gasteiger partial charge in [0.15, 0.2) is 0 Å². The molecule has 9 heteroatoms. The number of sulfonamides is 1. The lowest BCUT2D eigenvalue weighted by atomic mass is 10.3. The molecule has 2 heterocycles. The summed E-state index contributed by atoms with van der Waals surface area (Å²) in [5.41, 5.74) is 0.866. The number of hydrogen-bond acceptors (Lipinski definition) is 4. The van der Waals surface area contributed by atoms with Crippen LogP contribution in [0, 0.1) is 0 Å². The zero-order chi connectivity index (χ0) is 17.2. The van der Waals surface area contributed by atoms with Crippen LogP contribution < -0.4 is 4.72 Å². The van der Waals surface area contributed by atoms with Crippen LogP contribution in [-0.4, -0.2) is 24.7 Å². The summed E-state index contributed by atoms with van der Waals surface area (Å²) in [7, 11) is -3.73. The number of nitrogens with one attached hydrogen (secondary N) is 1. The summed E-state index contributed by atoms with van der Waals surface area (Å²) < 4.78 is 28.8. The molecule has 0 amide bonds. The van der Waals surface area contributed by atoms with E-state index in [1.807, 2.05) is 29.8 Å². The molecule has 0 aliphatic rings. The molecule has 0 radical (unpaired) electrons. The first kappa shape index (κ1) is 17.4. The lowest BCUT2D eigenvalue weighted by molar-refractivity contribution is 0.561. The van der Waals surface area contributed by atoms with Crippen molar-refractivity contribution in [1.82, 2.24) is 14.5 Å². The van der Waals surface area contributed by atoms with Crippen molar-refractivity contribution >= 4 is 44.6 Å². The van der Waals surface area contributed by atoms with E-state index in [-0.39, 0.29) is 16.5 Å². The van der Waals surface area contributed by atoms with Crippen LogP contribution in [0.1, 0.15) is 0 Å². The Morgan fingerprint density at radius 2 is 2.04 bits per heavy atom. The number of nitrogens with zero attached hydrogens (tertiary/aromatic N) is 2. The van der Waals surface area contributed by atoms with Gasteiger partial charge in [-0.2, -0.15) is 5.10 Å². The molecule has 0 aliphatic carbocycles. The molecular weight excluding hydrogens is 389 g/mol. The monoisotopic (exact) mass is 401 g/mol. The third kappa shape index (κ3) is 3.99. The largest absolute Gasteiger partial charge is 0.271 e. The Labute approximate surface area is 153 Å². The first-order valence-corrected chi connectivity index (χ1v) is 10.1. The van der Waals surface area contributed by atoms with Crippen LogP contribution in [0.5, 0.6) is 0 Å². The van der Waals surface area contributed by atoms with E-state index in [9.17, 15) is 8.42 Å². The predicted molar refractivity (Wildman–Crippen MR) is 97.2 cm³/mol. The third-order valence-corrected chi connectivity index (χ3v) is 6.30. The van der Waals surface area contributed by atoms with E-state index in [0.29, 0.717) is 11.6 Å². The van der Waals surface area contributed by atoms with Crippen LogP contribution in [0.3, 0.4) is 0 Å². The molecule has 1 N–H and O–H groups in total. The number of benzene rings is 1. The van der Waals surface area contributed by atoms with Crippen LogP contribution in [0.15, 0.2) is 52.9 Å². The molecule has 0 aliphatic heterocycles. The van der Waals surface area contributed by atoms with Gasteiger partial charge in [0.1, 0.15) is 10.6 Å². The van der Waals surface area contributed by atoms with Gasteiger partial charge in [0.2, 0.25) is 10.0 Å². The third-order valence-electron chi connectivity index (χ3n) is 3.23. The van der Waals surface area contributed by atoms with Crippen LogP contribution in [-0.2, 0) is 16.6 Å². The van der Waals surface area contributed by atoms with E-state index in [4.69, 9.17) is 23.2 Å². The second kappa shape index (κ2) is 7.25. The van der Waals surface area contributed by atoms with Crippen molar-refractivity contribution in [3.63, 3.8) is 0 Å². The zero-order valence-electron chi connectivity index (χ0n) is 12.3. The van der Waals surface area contributed by atoms with Gasteiger partial charge >= 0.3 is 0 Å². The Balaban J connectivity index is 1.64. The van der Waals surface area contributed by atoms with E-state index in [1.165, 1.54) is 12.1 Å². The fourth-order valence-corrected chi connectivity index (χ4v) is 4.57. The molecular formula is C15H13Cl2N3O2S2. The van der Waals surface area contributed by atoms with Gasteiger partial charge in [-0.3, -0.25) is 4.68 Å². The van der Waals surface area contributed by atoms with E-state index in [1.54, 1.807) is 22.1 Å². The van der Waals surface area contributed by atoms with Crippen molar-refractivity contribution in [2.75, 3.05) is 6.54 Å². The Morgan fingerprint density at radius 1 is 1.21 bits per heavy atom. The Hall–Kier alpha value is -1.38. The summed E-state index contributed by atoms with van der Waals surface area (Å²) in [5.74, 6) is 0. The Bertz CT molecular complexity index is 938. The average Bonchev–Trinajstić information content (AvgIpc) is 3.20. The van der Waals surface area contributed by atoms with E-state index in [2.05, 4.69) is 9.82 Å². The van der Waals surface area contributed by atoms with E-state index in [0.717, 1.165) is 10.6 Å². The first-order chi connectivity index (χ1) is 11.5. The Kier molecular flexibility index (Phi) is 5.27. The smallest absolute Gasteiger partial charge is 0.242 e. The highest BCUT2D eigenvalue weighted by molar-refractivity contribution is 7.89. The maximum Gasteiger partial charge on any atom is 0.242 e. The minimum atomic E-state index is -3.73. The lowest BCUT2D eigenvalue weighted by Crippen LogP contribution is -2.27. The molecule has 126 valence electrons. The molecule has 0 saturated carbocycles. The topological polar surface area (TPSA) is 64.0 Å². The van der Waals surface area contributed by atoms with Gasteiger partial charge in [-0.15, -0.1) is 11.3 Å². The molecule has 3 aromatic rings. The van der Waals surface area contributed by atoms with Gasteiger partial charge in [-0.05, 0) is 35.7 Å². The molecule has 1 aromatic carbocycles. The fraction of sp³-hybridized carbons (Fsp3) is 0.133. The average molecular weight is 402 g/mol. The van der Waals surface area contributed by atoms with Gasteiger partial charge in [0.05, 0.1) is 16.4 Å². The molecule has 3 rings (SSSR count). The summed E-state index contributed by atoms with van der Waals surface area (Å²) in [6.45, 7) is 0.597. The van der Waals surface area contributed by atoms with Crippen molar-refractivity contribution in [2.45, 2.75) is 11.4 Å². The molecule has 0 spiro atoms. The highest BCUT2D eigenvalue weighted by atomic mass is 35.5. The molecule has 0 unspecified atom stereocenters. The summed E-state index contributed by atoms with van der Waals surface area (Å²) in [4.78, 5) is 1.04. The molecule has 5 nitrogen and oxygen atoms in total. The lowest BCUT2D eigenvalue weighted by Gasteiger charge is -2.09. The van der Waals surface area contributed by atoms with Crippen molar-refractivity contribution in [3.8, 4) is 10.6 Å². The number of thiophene rings is 1. The SMILES string of the molecule is O=S(=O)(NCCn1ccc(-c2cccs2)n1)c1cc(Cl)ccc1Cl. The van der Waals surface area contributed by atoms with Gasteiger partial charge in [-0.25, -0.2) is 13.1 Å². The van der Waals surface area contributed by atoms with Crippen molar-refractivity contribution in [2.24, 2.45) is 0 Å². The number of aromatic nitrogens is 2. The molecule has 0 fully saturated rings. The number of hydrogen-bond donors (Lipinski definition) is 1. The summed E-state index contributed by atoms with van der Waals surface area (Å²) in [5, 5.41) is 6.85. The van der Waals surface area contributed by atoms with Crippen LogP contribution in [0.4, 0.5) is 0 Å². The molecule has 2 aromatic heterocycles. The number of rotatable bonds is 6. The van der Waals surface area contributed by atoms with Gasteiger partial charge in [-0.1, -0.05) is 29.3 Å². The van der Waals surface area contributed by atoms with E-state index >= 15 is 0 Å². The molecule has 0 bridgehead atoms. The normalized spacial score (nSPS) is 11.8. The van der Waals surface area contributed by atoms with Crippen molar-refractivity contribution < 1.29 is 8.42 Å². The van der Waals surface area contributed by atoms with Crippen LogP contribution in [0.2, 0.25) is 10.0 Å². The zero-order valence-corrected chi connectivity index (χ0v) is 15.5. The number of halogens is 2. The highest BCUT2D eigenvalue weighted by Gasteiger charge is 2.18. The minimum Gasteiger partial charge on any atom is -0.271 e. The summed E-state index contributed by atoms with van der Waals surface area (Å²) >= 11 is 13.4. The highest BCUT2D eigenvalue weighted by Crippen LogP contribution is 2.25. The quantitative estimate of drug-likeness (QED) is 0.680. The van der Waals surface area contributed by atoms with Gasteiger partial charge in [0.25, 0.3) is 0 Å². The Morgan fingerprint density at radius 3 is 2.79 bits per heavy atom. The summed E-state index contributed by atoms with van der Waals surface area (Å²) in [6, 6.07) is 10.2. The van der Waals surface area contributed by atoms with Crippen LogP contribution in [0.25, 0.3) is 10.6 Å². The maximum absolute atomic E-state index is 12.3. The summed E-state index contributed by atoms with van der Waals surface area (Å²) in [6.07, 6.45) is 1.82. The standard InChI is InChI=1S/C15H13Cl2N3O2S2/c16-11-3-4-12(17)15(10-11)24(21,22)18-6-8-20-7-5-13(19-20)14-2-1-9-23-14/h1-5,7,9-10,18H,6,8H2.